The molecule has 5 N–H and O–H groups in total. The predicted octanol–water partition coefficient (Wildman–Crippen LogP) is 2.92. The van der Waals surface area contributed by atoms with Crippen LogP contribution in [-0.4, -0.2) is 177 Å². The van der Waals surface area contributed by atoms with Gasteiger partial charge in [0, 0.05) is 38.0 Å². The van der Waals surface area contributed by atoms with Crippen molar-refractivity contribution < 1.29 is 71.8 Å². The lowest BCUT2D eigenvalue weighted by atomic mass is 9.82. The highest BCUT2D eigenvalue weighted by Gasteiger charge is 2.42. The van der Waals surface area contributed by atoms with Gasteiger partial charge >= 0.3 is 0 Å². The van der Waals surface area contributed by atoms with E-state index in [2.05, 4.69) is 21.3 Å². The fourth-order valence-corrected chi connectivity index (χ4v) is 7.88. The number of hydrogen-bond acceptors (Lipinski definition) is 15. The second-order valence-corrected chi connectivity index (χ2v) is 17.7. The zero-order valence-electron chi connectivity index (χ0n) is 41.9. The van der Waals surface area contributed by atoms with E-state index < -0.39 is 17.9 Å². The highest BCUT2D eigenvalue weighted by Crippen LogP contribution is 2.34. The number of carbonyl (C=O) groups is 6. The summed E-state index contributed by atoms with van der Waals surface area (Å²) in [4.78, 5) is 76.9. The largest absolute Gasteiger partial charge is 0.392 e. The van der Waals surface area contributed by atoms with Gasteiger partial charge in [-0.25, -0.2) is 0 Å². The fourth-order valence-electron chi connectivity index (χ4n) is 7.88. The molecule has 1 unspecified atom stereocenters. The third kappa shape index (κ3) is 27.5. The number of benzene rings is 1. The van der Waals surface area contributed by atoms with E-state index in [1.165, 1.54) is 37.0 Å². The van der Waals surface area contributed by atoms with Gasteiger partial charge in [0.15, 0.2) is 0 Å². The van der Waals surface area contributed by atoms with Crippen LogP contribution in [0, 0.1) is 17.8 Å². The van der Waals surface area contributed by atoms with E-state index in [4.69, 9.17) is 43.0 Å². The van der Waals surface area contributed by atoms with E-state index in [1.807, 2.05) is 0 Å². The van der Waals surface area contributed by atoms with Gasteiger partial charge in [0.2, 0.25) is 35.4 Å². The summed E-state index contributed by atoms with van der Waals surface area (Å²) in [6, 6.07) is 5.87. The van der Waals surface area contributed by atoms with E-state index in [0.29, 0.717) is 117 Å². The Labute approximate surface area is 414 Å². The van der Waals surface area contributed by atoms with E-state index in [0.717, 1.165) is 25.7 Å². The number of likely N-dealkylation sites (tertiary alicyclic amines) is 1. The molecule has 1 saturated carbocycles. The topological polar surface area (TPSA) is 248 Å². The van der Waals surface area contributed by atoms with Crippen LogP contribution in [0.15, 0.2) is 24.3 Å². The van der Waals surface area contributed by atoms with Crippen LogP contribution >= 0.6 is 0 Å². The highest BCUT2D eigenvalue weighted by atomic mass is 16.6. The maximum atomic E-state index is 13.1. The highest BCUT2D eigenvalue weighted by molar-refractivity contribution is 6.04. The van der Waals surface area contributed by atoms with E-state index in [9.17, 15) is 28.8 Å². The third-order valence-corrected chi connectivity index (χ3v) is 11.8. The molecule has 3 rings (SSSR count). The van der Waals surface area contributed by atoms with Crippen molar-refractivity contribution in [3.63, 3.8) is 0 Å². The molecule has 20 heteroatoms. The van der Waals surface area contributed by atoms with Gasteiger partial charge in [-0.15, -0.1) is 0 Å². The Balaban J connectivity index is 1.01. The van der Waals surface area contributed by atoms with Crippen LogP contribution in [0.3, 0.4) is 0 Å². The Bertz CT molecular complexity index is 1610. The minimum Gasteiger partial charge on any atom is -0.392 e. The molecule has 2 atom stereocenters. The first-order valence-corrected chi connectivity index (χ1v) is 25.4. The van der Waals surface area contributed by atoms with Crippen LogP contribution in [-0.2, 0) is 73.3 Å². The molecule has 1 aromatic carbocycles. The minimum atomic E-state index is -0.815. The van der Waals surface area contributed by atoms with Gasteiger partial charge in [0.1, 0.15) is 6.04 Å². The van der Waals surface area contributed by atoms with Gasteiger partial charge in [0.05, 0.1) is 125 Å². The average Bonchev–Trinajstić information content (AvgIpc) is 3.64. The molecule has 2 fully saturated rings. The maximum absolute atomic E-state index is 13.1. The van der Waals surface area contributed by atoms with Crippen LogP contribution in [0.2, 0.25) is 0 Å². The molecule has 0 bridgehead atoms. The maximum Gasteiger partial charge on any atom is 0.243 e. The van der Waals surface area contributed by atoms with Gasteiger partial charge in [-0.1, -0.05) is 70.9 Å². The molecule has 1 heterocycles. The molecule has 70 heavy (non-hydrogen) atoms. The first kappa shape index (κ1) is 60.2. The number of ether oxygens (including phenoxy) is 8. The quantitative estimate of drug-likeness (QED) is 0.0472. The molecule has 1 aliphatic carbocycles. The Morgan fingerprint density at radius 3 is 1.56 bits per heavy atom. The summed E-state index contributed by atoms with van der Waals surface area (Å²) in [5.74, 6) is -1.86. The zero-order chi connectivity index (χ0) is 50.4. The summed E-state index contributed by atoms with van der Waals surface area (Å²) in [5.41, 5.74) is 1.25. The smallest absolute Gasteiger partial charge is 0.243 e. The molecule has 1 saturated heterocycles. The van der Waals surface area contributed by atoms with Gasteiger partial charge in [-0.3, -0.25) is 33.7 Å². The summed E-state index contributed by atoms with van der Waals surface area (Å²) in [5, 5.41) is 19.9. The van der Waals surface area contributed by atoms with Crippen molar-refractivity contribution in [2.45, 2.75) is 104 Å². The molecular weight excluding hydrogens is 911 g/mol. The Morgan fingerprint density at radius 2 is 1.07 bits per heavy atom. The SMILES string of the molecule is CC(C)[C@H](NC(=O)CCOCCOCCOCCOCCOCCOCCOCCOCCNC(=O)CCN1C(=O)CC(C2CCCCCCCCC2)C1=O)C(=O)NCC(=O)Nc1ccc(CO)cc1. The van der Waals surface area contributed by atoms with E-state index in [-0.39, 0.29) is 86.9 Å². The monoisotopic (exact) mass is 994 g/mol. The predicted molar refractivity (Wildman–Crippen MR) is 259 cm³/mol. The third-order valence-electron chi connectivity index (χ3n) is 11.8. The molecule has 0 radical (unpaired) electrons. The molecule has 1 aliphatic heterocycles. The van der Waals surface area contributed by atoms with Gasteiger partial charge in [0.25, 0.3) is 0 Å². The summed E-state index contributed by atoms with van der Waals surface area (Å²) < 4.78 is 44.0. The zero-order valence-corrected chi connectivity index (χ0v) is 41.9. The van der Waals surface area contributed by atoms with Crippen molar-refractivity contribution in [2.24, 2.45) is 17.8 Å². The number of hydrogen-bond donors (Lipinski definition) is 5. The number of carbonyl (C=O) groups excluding carboxylic acids is 6. The van der Waals surface area contributed by atoms with Gasteiger partial charge < -0.3 is 64.3 Å². The molecular formula is C50H83N5O15. The molecule has 0 aromatic heterocycles. The number of nitrogens with zero attached hydrogens (tertiary/aromatic N) is 1. The van der Waals surface area contributed by atoms with Gasteiger partial charge in [-0.2, -0.15) is 0 Å². The molecule has 6 amide bonds. The van der Waals surface area contributed by atoms with Crippen molar-refractivity contribution in [3.8, 4) is 0 Å². The van der Waals surface area contributed by atoms with Crippen LogP contribution in [0.5, 0.6) is 0 Å². The molecule has 2 aliphatic rings. The Kier molecular flexibility index (Phi) is 33.1. The minimum absolute atomic E-state index is 0.0593. The van der Waals surface area contributed by atoms with Crippen LogP contribution < -0.4 is 21.3 Å². The average molecular weight is 994 g/mol. The lowest BCUT2D eigenvalue weighted by Crippen LogP contribution is -2.51. The van der Waals surface area contributed by atoms with Crippen molar-refractivity contribution in [3.05, 3.63) is 29.8 Å². The number of aliphatic hydroxyl groups is 1. The second kappa shape index (κ2) is 38.5. The summed E-state index contributed by atoms with van der Waals surface area (Å²) in [7, 11) is 0. The van der Waals surface area contributed by atoms with E-state index >= 15 is 0 Å². The van der Waals surface area contributed by atoms with Gasteiger partial charge in [-0.05, 0) is 42.4 Å². The van der Waals surface area contributed by atoms with E-state index in [1.54, 1.807) is 38.1 Å². The van der Waals surface area contributed by atoms with Crippen LogP contribution in [0.25, 0.3) is 0 Å². The normalized spacial score (nSPS) is 16.3. The van der Waals surface area contributed by atoms with Crippen molar-refractivity contribution in [1.82, 2.24) is 20.9 Å². The Hall–Kier alpha value is -4.12. The first-order chi connectivity index (χ1) is 34.1. The summed E-state index contributed by atoms with van der Waals surface area (Å²) in [6.45, 7) is 9.73. The summed E-state index contributed by atoms with van der Waals surface area (Å²) >= 11 is 0. The van der Waals surface area contributed by atoms with Crippen LogP contribution in [0.1, 0.15) is 96.5 Å². The van der Waals surface area contributed by atoms with Crippen LogP contribution in [0.4, 0.5) is 5.69 Å². The number of amides is 6. The van der Waals surface area contributed by atoms with Crippen molar-refractivity contribution >= 4 is 41.1 Å². The number of aliphatic hydroxyl groups excluding tert-OH is 1. The fraction of sp³-hybridized carbons (Fsp3) is 0.760. The number of imide groups is 1. The number of rotatable bonds is 38. The molecule has 0 spiro atoms. The number of anilines is 1. The second-order valence-electron chi connectivity index (χ2n) is 17.7. The molecule has 20 nitrogen and oxygen atoms in total. The standard InChI is InChI=1S/C50H83N5O15/c1-39(2)48(49(61)52-37-46(59)53-42-14-12-40(38-56)13-15-42)54-45(58)17-20-63-22-24-65-26-28-67-30-32-69-34-35-70-33-31-68-29-27-66-25-23-64-21-18-51-44(57)16-19-55-47(60)36-43(50(55)62)41-10-8-6-4-3-5-7-9-11-41/h12-15,39,41,43,48,56H,3-11,16-38H2,1-2H3,(H,51,57)(H,52,61)(H,53,59)(H,54,58)/t43?,48-/m0/s1. The lowest BCUT2D eigenvalue weighted by molar-refractivity contribution is -0.140. The van der Waals surface area contributed by atoms with Crippen molar-refractivity contribution in [1.29, 1.82) is 0 Å². The summed E-state index contributed by atoms with van der Waals surface area (Å²) in [6.07, 6.45) is 10.9. The first-order valence-electron chi connectivity index (χ1n) is 25.4. The molecule has 398 valence electrons. The van der Waals surface area contributed by atoms with Crippen molar-refractivity contribution in [2.75, 3.05) is 131 Å². The molecule has 1 aromatic rings. The lowest BCUT2D eigenvalue weighted by Gasteiger charge is -2.23. The number of nitrogens with one attached hydrogen (secondary N) is 4. The Morgan fingerprint density at radius 1 is 0.600 bits per heavy atom.